The quantitative estimate of drug-likeness (QED) is 0.529. The highest BCUT2D eigenvalue weighted by molar-refractivity contribution is 5.89. The summed E-state index contributed by atoms with van der Waals surface area (Å²) in [5, 5.41) is 0. The number of esters is 1. The monoisotopic (exact) mass is 370 g/mol. The van der Waals surface area contributed by atoms with Crippen LogP contribution in [0.15, 0.2) is 60.7 Å². The minimum Gasteiger partial charge on any atom is -0.450 e. The van der Waals surface area contributed by atoms with Crippen LogP contribution in [-0.4, -0.2) is 63.1 Å². The van der Waals surface area contributed by atoms with Gasteiger partial charge in [-0.05, 0) is 17.7 Å². The molecule has 1 aliphatic rings. The van der Waals surface area contributed by atoms with Gasteiger partial charge in [0, 0.05) is 0 Å². The second-order valence-corrected chi connectivity index (χ2v) is 7.26. The van der Waals surface area contributed by atoms with Gasteiger partial charge < -0.3 is 18.7 Å². The molecule has 0 N–H and O–H groups in total. The fourth-order valence-electron chi connectivity index (χ4n) is 3.26. The SMILES string of the molecule is C[N+]1(C[C@@H](COCc2ccccc2)OC(=O)c2ccccc2)CCOCC1. The van der Waals surface area contributed by atoms with Gasteiger partial charge in [-0.25, -0.2) is 4.79 Å². The Balaban J connectivity index is 1.61. The van der Waals surface area contributed by atoms with Crippen LogP contribution in [0.3, 0.4) is 0 Å². The summed E-state index contributed by atoms with van der Waals surface area (Å²) in [5.41, 5.74) is 1.67. The number of ether oxygens (including phenoxy) is 3. The third kappa shape index (κ3) is 6.17. The highest BCUT2D eigenvalue weighted by atomic mass is 16.6. The molecule has 144 valence electrons. The Kier molecular flexibility index (Phi) is 6.98. The summed E-state index contributed by atoms with van der Waals surface area (Å²) in [6.45, 7) is 4.91. The van der Waals surface area contributed by atoms with Crippen molar-refractivity contribution in [3.8, 4) is 0 Å². The zero-order valence-corrected chi connectivity index (χ0v) is 15.9. The molecule has 1 atom stereocenters. The number of hydrogen-bond acceptors (Lipinski definition) is 4. The molecule has 0 saturated carbocycles. The first-order valence-corrected chi connectivity index (χ1v) is 9.44. The van der Waals surface area contributed by atoms with Crippen molar-refractivity contribution in [2.24, 2.45) is 0 Å². The average molecular weight is 370 g/mol. The van der Waals surface area contributed by atoms with Gasteiger partial charge in [0.1, 0.15) is 19.6 Å². The van der Waals surface area contributed by atoms with Gasteiger partial charge in [0.15, 0.2) is 6.10 Å². The van der Waals surface area contributed by atoms with Gasteiger partial charge in [0.25, 0.3) is 0 Å². The zero-order valence-electron chi connectivity index (χ0n) is 15.9. The molecule has 0 aromatic heterocycles. The van der Waals surface area contributed by atoms with E-state index in [-0.39, 0.29) is 12.1 Å². The zero-order chi connectivity index (χ0) is 19.0. The van der Waals surface area contributed by atoms with E-state index in [4.69, 9.17) is 14.2 Å². The molecule has 5 nitrogen and oxygen atoms in total. The number of hydrogen-bond donors (Lipinski definition) is 0. The third-order valence-corrected chi connectivity index (χ3v) is 4.89. The molecule has 3 rings (SSSR count). The van der Waals surface area contributed by atoms with E-state index < -0.39 is 0 Å². The lowest BCUT2D eigenvalue weighted by Crippen LogP contribution is -2.56. The summed E-state index contributed by atoms with van der Waals surface area (Å²) in [7, 11) is 2.18. The summed E-state index contributed by atoms with van der Waals surface area (Å²) in [5.74, 6) is -0.302. The Hall–Kier alpha value is -2.21. The summed E-state index contributed by atoms with van der Waals surface area (Å²) in [4.78, 5) is 12.5. The third-order valence-electron chi connectivity index (χ3n) is 4.89. The standard InChI is InChI=1S/C22H28NO4/c1-23(12-14-25-15-13-23)16-21(18-26-17-19-8-4-2-5-9-19)27-22(24)20-10-6-3-7-11-20/h2-11,21H,12-18H2,1H3/q+1/t21-/m0/s1. The van der Waals surface area contributed by atoms with Crippen LogP contribution in [0.2, 0.25) is 0 Å². The van der Waals surface area contributed by atoms with E-state index in [0.717, 1.165) is 42.9 Å². The van der Waals surface area contributed by atoms with Gasteiger partial charge in [-0.15, -0.1) is 0 Å². The van der Waals surface area contributed by atoms with Crippen LogP contribution in [0.1, 0.15) is 15.9 Å². The highest BCUT2D eigenvalue weighted by Gasteiger charge is 2.31. The second kappa shape index (κ2) is 9.65. The average Bonchev–Trinajstić information content (AvgIpc) is 2.69. The van der Waals surface area contributed by atoms with Gasteiger partial charge in [-0.1, -0.05) is 48.5 Å². The maximum absolute atomic E-state index is 12.5. The fraction of sp³-hybridized carbons (Fsp3) is 0.409. The molecule has 0 radical (unpaired) electrons. The van der Waals surface area contributed by atoms with Crippen molar-refractivity contribution in [2.45, 2.75) is 12.7 Å². The molecule has 27 heavy (non-hydrogen) atoms. The summed E-state index contributed by atoms with van der Waals surface area (Å²) < 4.78 is 18.0. The molecule has 1 saturated heterocycles. The summed E-state index contributed by atoms with van der Waals surface area (Å²) in [6, 6.07) is 19.1. The van der Waals surface area contributed by atoms with E-state index in [1.807, 2.05) is 48.5 Å². The van der Waals surface area contributed by atoms with Crippen molar-refractivity contribution in [3.05, 3.63) is 71.8 Å². The minimum atomic E-state index is -0.302. The van der Waals surface area contributed by atoms with Crippen molar-refractivity contribution in [2.75, 3.05) is 46.5 Å². The van der Waals surface area contributed by atoms with Crippen molar-refractivity contribution in [1.29, 1.82) is 0 Å². The van der Waals surface area contributed by atoms with Crippen molar-refractivity contribution in [1.82, 2.24) is 0 Å². The van der Waals surface area contributed by atoms with Gasteiger partial charge in [0.05, 0.1) is 39.0 Å². The van der Waals surface area contributed by atoms with Gasteiger partial charge in [-0.3, -0.25) is 0 Å². The molecule has 5 heteroatoms. The van der Waals surface area contributed by atoms with E-state index in [1.54, 1.807) is 12.1 Å². The highest BCUT2D eigenvalue weighted by Crippen LogP contribution is 2.13. The van der Waals surface area contributed by atoms with Gasteiger partial charge >= 0.3 is 5.97 Å². The van der Waals surface area contributed by atoms with E-state index in [2.05, 4.69) is 7.05 Å². The summed E-state index contributed by atoms with van der Waals surface area (Å²) >= 11 is 0. The molecule has 0 unspecified atom stereocenters. The molecular weight excluding hydrogens is 342 g/mol. The number of nitrogens with zero attached hydrogens (tertiary/aromatic N) is 1. The van der Waals surface area contributed by atoms with Crippen LogP contribution in [0.4, 0.5) is 0 Å². The number of rotatable bonds is 8. The van der Waals surface area contributed by atoms with Crippen LogP contribution in [0.5, 0.6) is 0 Å². The molecule has 1 heterocycles. The summed E-state index contributed by atoms with van der Waals surface area (Å²) in [6.07, 6.45) is -0.301. The predicted octanol–water partition coefficient (Wildman–Crippen LogP) is 2.91. The van der Waals surface area contributed by atoms with Crippen molar-refractivity contribution >= 4 is 5.97 Å². The normalized spacial score (nSPS) is 17.2. The molecule has 2 aromatic rings. The first-order valence-electron chi connectivity index (χ1n) is 9.44. The molecule has 1 fully saturated rings. The topological polar surface area (TPSA) is 44.8 Å². The number of carbonyl (C=O) groups is 1. The molecule has 0 amide bonds. The Morgan fingerprint density at radius 3 is 2.33 bits per heavy atom. The van der Waals surface area contributed by atoms with E-state index >= 15 is 0 Å². The number of quaternary nitrogens is 1. The van der Waals surface area contributed by atoms with Crippen LogP contribution < -0.4 is 0 Å². The van der Waals surface area contributed by atoms with Gasteiger partial charge in [-0.2, -0.15) is 0 Å². The molecule has 1 aliphatic heterocycles. The minimum absolute atomic E-state index is 0.301. The Labute approximate surface area is 161 Å². The first kappa shape index (κ1) is 19.5. The van der Waals surface area contributed by atoms with Crippen LogP contribution >= 0.6 is 0 Å². The van der Waals surface area contributed by atoms with Crippen LogP contribution in [-0.2, 0) is 20.8 Å². The molecule has 0 bridgehead atoms. The van der Waals surface area contributed by atoms with Crippen molar-refractivity contribution in [3.63, 3.8) is 0 Å². The van der Waals surface area contributed by atoms with E-state index in [0.29, 0.717) is 18.8 Å². The lowest BCUT2D eigenvalue weighted by molar-refractivity contribution is -0.919. The van der Waals surface area contributed by atoms with Gasteiger partial charge in [0.2, 0.25) is 0 Å². The molecule has 2 aromatic carbocycles. The number of carbonyl (C=O) groups excluding carboxylic acids is 1. The maximum atomic E-state index is 12.5. The second-order valence-electron chi connectivity index (χ2n) is 7.26. The van der Waals surface area contributed by atoms with Crippen LogP contribution in [0, 0.1) is 0 Å². The Morgan fingerprint density at radius 2 is 1.67 bits per heavy atom. The molecule has 0 aliphatic carbocycles. The predicted molar refractivity (Wildman–Crippen MR) is 103 cm³/mol. The number of likely N-dealkylation sites (N-methyl/N-ethyl adjacent to an activating group) is 1. The largest absolute Gasteiger partial charge is 0.450 e. The number of morpholine rings is 1. The number of benzene rings is 2. The molecule has 0 spiro atoms. The lowest BCUT2D eigenvalue weighted by Gasteiger charge is -2.39. The van der Waals surface area contributed by atoms with E-state index in [1.165, 1.54) is 0 Å². The Bertz CT molecular complexity index is 699. The Morgan fingerprint density at radius 1 is 1.04 bits per heavy atom. The lowest BCUT2D eigenvalue weighted by atomic mass is 10.2. The van der Waals surface area contributed by atoms with E-state index in [9.17, 15) is 4.79 Å². The van der Waals surface area contributed by atoms with Crippen LogP contribution in [0.25, 0.3) is 0 Å². The first-order chi connectivity index (χ1) is 13.1. The molecular formula is C22H28NO4+. The maximum Gasteiger partial charge on any atom is 0.338 e. The smallest absolute Gasteiger partial charge is 0.338 e. The van der Waals surface area contributed by atoms with Crippen molar-refractivity contribution < 1.29 is 23.5 Å². The fourth-order valence-corrected chi connectivity index (χ4v) is 3.26.